The molecule has 1 amide bonds. The van der Waals surface area contributed by atoms with Gasteiger partial charge in [0.1, 0.15) is 12.2 Å². The number of nitrogens with zero attached hydrogens (tertiary/aromatic N) is 4. The molecule has 0 bridgehead atoms. The standard InChI is InChI=1S/C25H19F2N5O4S/c26-15-5-4-12-14(19(15)27)10-30-21-13(2-1-3-17(21)37-25(30)28)20(12)32-18-11-36-9-8-29(18)24(35)22-23(34)16(33)6-7-31(22)32/h1-7,18,20,28,34H,8-11H2. The zero-order valence-electron chi connectivity index (χ0n) is 19.1. The van der Waals surface area contributed by atoms with E-state index in [0.717, 1.165) is 16.8 Å². The van der Waals surface area contributed by atoms with Gasteiger partial charge >= 0.3 is 0 Å². The van der Waals surface area contributed by atoms with Gasteiger partial charge in [-0.1, -0.05) is 29.5 Å². The van der Waals surface area contributed by atoms with Crippen molar-refractivity contribution in [3.8, 4) is 5.75 Å². The molecule has 7 rings (SSSR count). The van der Waals surface area contributed by atoms with E-state index in [2.05, 4.69) is 0 Å². The second kappa shape index (κ2) is 7.73. The van der Waals surface area contributed by atoms with Crippen molar-refractivity contribution in [1.82, 2.24) is 14.1 Å². The molecule has 37 heavy (non-hydrogen) atoms. The van der Waals surface area contributed by atoms with Gasteiger partial charge < -0.3 is 19.3 Å². The highest BCUT2D eigenvalue weighted by atomic mass is 32.1. The van der Waals surface area contributed by atoms with E-state index in [9.17, 15) is 19.1 Å². The summed E-state index contributed by atoms with van der Waals surface area (Å²) in [6.45, 7) is 0.568. The minimum absolute atomic E-state index is 0.0504. The van der Waals surface area contributed by atoms with Crippen molar-refractivity contribution in [1.29, 1.82) is 5.41 Å². The lowest BCUT2D eigenvalue weighted by Gasteiger charge is -2.51. The third kappa shape index (κ3) is 2.93. The minimum Gasteiger partial charge on any atom is -0.502 e. The molecule has 2 aromatic carbocycles. The van der Waals surface area contributed by atoms with E-state index in [-0.39, 0.29) is 42.4 Å². The highest BCUT2D eigenvalue weighted by molar-refractivity contribution is 7.16. The maximum absolute atomic E-state index is 15.4. The number of aromatic nitrogens is 2. The van der Waals surface area contributed by atoms with Gasteiger partial charge in [0, 0.05) is 29.9 Å². The number of carbonyl (C=O) groups is 1. The Balaban J connectivity index is 1.61. The largest absolute Gasteiger partial charge is 0.502 e. The van der Waals surface area contributed by atoms with Crippen molar-refractivity contribution in [2.24, 2.45) is 0 Å². The SMILES string of the molecule is N=c1sc2cccc3c2n1Cc1c(ccc(F)c1F)C3N1C2COCCN2C(=O)c2c(O)c(=O)ccn21. The third-order valence-corrected chi connectivity index (χ3v) is 8.29. The molecule has 1 saturated heterocycles. The molecular weight excluding hydrogens is 504 g/mol. The molecule has 1 fully saturated rings. The number of hydrogen-bond donors (Lipinski definition) is 2. The lowest BCUT2D eigenvalue weighted by atomic mass is 9.93. The van der Waals surface area contributed by atoms with E-state index >= 15 is 4.39 Å². The van der Waals surface area contributed by atoms with Gasteiger partial charge in [-0.15, -0.1) is 0 Å². The third-order valence-electron chi connectivity index (χ3n) is 7.33. The summed E-state index contributed by atoms with van der Waals surface area (Å²) in [5.74, 6) is -3.20. The molecule has 2 unspecified atom stereocenters. The molecule has 188 valence electrons. The number of thiazole rings is 1. The number of amides is 1. The summed E-state index contributed by atoms with van der Waals surface area (Å²) in [6.07, 6.45) is 0.737. The molecular formula is C25H19F2N5O4S. The van der Waals surface area contributed by atoms with Crippen LogP contribution in [-0.2, 0) is 11.3 Å². The number of hydrogen-bond acceptors (Lipinski definition) is 7. The molecule has 2 N–H and O–H groups in total. The fourth-order valence-corrected chi connectivity index (χ4v) is 6.66. The highest BCUT2D eigenvalue weighted by Crippen LogP contribution is 2.42. The minimum atomic E-state index is -1.01. The first-order valence-corrected chi connectivity index (χ1v) is 12.4. The maximum atomic E-state index is 15.4. The van der Waals surface area contributed by atoms with Crippen LogP contribution in [0.5, 0.6) is 5.75 Å². The fraction of sp³-hybridized carbons (Fsp3) is 0.240. The van der Waals surface area contributed by atoms with E-state index < -0.39 is 40.9 Å². The Bertz CT molecular complexity index is 1760. The van der Waals surface area contributed by atoms with Crippen LogP contribution in [0.2, 0.25) is 0 Å². The van der Waals surface area contributed by atoms with Crippen LogP contribution in [0.1, 0.15) is 33.2 Å². The van der Waals surface area contributed by atoms with E-state index in [4.69, 9.17) is 10.1 Å². The summed E-state index contributed by atoms with van der Waals surface area (Å²) < 4.78 is 39.6. The number of ether oxygens (including phenoxy) is 1. The van der Waals surface area contributed by atoms with Crippen LogP contribution in [0.15, 0.2) is 47.4 Å². The van der Waals surface area contributed by atoms with Gasteiger partial charge in [0.25, 0.3) is 5.91 Å². The molecule has 2 atom stereocenters. The number of para-hydroxylation sites is 1. The number of fused-ring (bicyclic) bond motifs is 3. The van der Waals surface area contributed by atoms with Crippen molar-refractivity contribution in [3.05, 3.63) is 91.6 Å². The Morgan fingerprint density at radius 2 is 1.95 bits per heavy atom. The summed E-state index contributed by atoms with van der Waals surface area (Å²) in [6, 6.07) is 8.54. The molecule has 2 aromatic heterocycles. The van der Waals surface area contributed by atoms with Crippen molar-refractivity contribution in [2.45, 2.75) is 18.8 Å². The molecule has 5 heterocycles. The Labute approximate surface area is 211 Å². The molecule has 3 aliphatic heterocycles. The van der Waals surface area contributed by atoms with E-state index in [1.807, 2.05) is 18.2 Å². The van der Waals surface area contributed by atoms with Gasteiger partial charge in [0.2, 0.25) is 5.43 Å². The number of benzene rings is 2. The van der Waals surface area contributed by atoms with Crippen LogP contribution < -0.4 is 15.2 Å². The number of carbonyl (C=O) groups excluding carboxylic acids is 1. The number of halogens is 2. The first kappa shape index (κ1) is 22.2. The Kier molecular flexibility index (Phi) is 4.64. The quantitative estimate of drug-likeness (QED) is 0.398. The summed E-state index contributed by atoms with van der Waals surface area (Å²) >= 11 is 1.23. The molecule has 0 saturated carbocycles. The average Bonchev–Trinajstić information content (AvgIpc) is 3.13. The van der Waals surface area contributed by atoms with Crippen LogP contribution in [0.4, 0.5) is 8.78 Å². The van der Waals surface area contributed by atoms with Crippen LogP contribution >= 0.6 is 11.3 Å². The highest BCUT2D eigenvalue weighted by Gasteiger charge is 2.46. The summed E-state index contributed by atoms with van der Waals surface area (Å²) in [5.41, 5.74) is 1.05. The number of morpholine rings is 1. The summed E-state index contributed by atoms with van der Waals surface area (Å²) in [4.78, 5) is 27.5. The molecule has 3 aliphatic rings. The van der Waals surface area contributed by atoms with Gasteiger partial charge in [-0.25, -0.2) is 8.78 Å². The van der Waals surface area contributed by atoms with Crippen molar-refractivity contribution in [2.75, 3.05) is 24.8 Å². The number of nitrogens with one attached hydrogen (secondary N) is 1. The molecule has 0 radical (unpaired) electrons. The maximum Gasteiger partial charge on any atom is 0.278 e. The lowest BCUT2D eigenvalue weighted by Crippen LogP contribution is -2.66. The molecule has 9 nitrogen and oxygen atoms in total. The molecule has 0 aliphatic carbocycles. The van der Waals surface area contributed by atoms with Gasteiger partial charge in [-0.2, -0.15) is 0 Å². The monoisotopic (exact) mass is 523 g/mol. The molecule has 12 heteroatoms. The Hall–Kier alpha value is -4.03. The van der Waals surface area contributed by atoms with Gasteiger partial charge in [0.05, 0.1) is 30.0 Å². The number of aromatic hydroxyl groups is 1. The summed E-state index contributed by atoms with van der Waals surface area (Å²) in [7, 11) is 0. The van der Waals surface area contributed by atoms with Crippen molar-refractivity contribution >= 4 is 27.5 Å². The number of rotatable bonds is 1. The normalized spacial score (nSPS) is 20.4. The second-order valence-electron chi connectivity index (χ2n) is 9.17. The van der Waals surface area contributed by atoms with E-state index in [0.29, 0.717) is 16.6 Å². The zero-order chi connectivity index (χ0) is 25.6. The topological polar surface area (TPSA) is 104 Å². The molecule has 0 spiro atoms. The van der Waals surface area contributed by atoms with Gasteiger partial charge in [-0.05, 0) is 17.7 Å². The van der Waals surface area contributed by atoms with Crippen molar-refractivity contribution in [3.63, 3.8) is 0 Å². The second-order valence-corrected chi connectivity index (χ2v) is 10.2. The van der Waals surface area contributed by atoms with Gasteiger partial charge in [-0.3, -0.25) is 24.7 Å². The zero-order valence-corrected chi connectivity index (χ0v) is 20.0. The average molecular weight is 524 g/mol. The van der Waals surface area contributed by atoms with Crippen LogP contribution in [0.3, 0.4) is 0 Å². The van der Waals surface area contributed by atoms with Crippen molar-refractivity contribution < 1.29 is 23.4 Å². The Morgan fingerprint density at radius 3 is 2.78 bits per heavy atom. The van der Waals surface area contributed by atoms with E-state index in [1.54, 1.807) is 9.58 Å². The Morgan fingerprint density at radius 1 is 1.11 bits per heavy atom. The molecule has 4 aromatic rings. The van der Waals surface area contributed by atoms with E-state index in [1.165, 1.54) is 33.2 Å². The predicted octanol–water partition coefficient (Wildman–Crippen LogP) is 2.23. The fourth-order valence-electron chi connectivity index (χ4n) is 5.71. The summed E-state index contributed by atoms with van der Waals surface area (Å²) in [5, 5.41) is 21.0. The first-order valence-electron chi connectivity index (χ1n) is 11.6. The smallest absolute Gasteiger partial charge is 0.278 e. The van der Waals surface area contributed by atoms with Gasteiger partial charge in [0.15, 0.2) is 27.9 Å². The van der Waals surface area contributed by atoms with Crippen LogP contribution in [-0.4, -0.2) is 51.1 Å². The number of pyridine rings is 1. The lowest BCUT2D eigenvalue weighted by molar-refractivity contribution is -0.0196. The van der Waals surface area contributed by atoms with Crippen LogP contribution in [0.25, 0.3) is 10.2 Å². The first-order chi connectivity index (χ1) is 17.9. The predicted molar refractivity (Wildman–Crippen MR) is 129 cm³/mol. The van der Waals surface area contributed by atoms with Crippen LogP contribution in [0, 0.1) is 17.0 Å².